The predicted molar refractivity (Wildman–Crippen MR) is 111 cm³/mol. The van der Waals surface area contributed by atoms with E-state index in [1.807, 2.05) is 58.0 Å². The average Bonchev–Trinajstić information content (AvgIpc) is 3.00. The second-order valence-corrected chi connectivity index (χ2v) is 6.96. The molecule has 152 valence electrons. The van der Waals surface area contributed by atoms with Crippen molar-refractivity contribution in [1.82, 2.24) is 19.8 Å². The number of benzene rings is 2. The quantitative estimate of drug-likeness (QED) is 0.473. The van der Waals surface area contributed by atoms with Crippen LogP contribution >= 0.6 is 0 Å². The molecule has 0 aliphatic rings. The lowest BCUT2D eigenvalue weighted by molar-refractivity contribution is 0.213. The summed E-state index contributed by atoms with van der Waals surface area (Å²) in [5, 5.41) is 11.8. The van der Waals surface area contributed by atoms with E-state index >= 15 is 0 Å². The van der Waals surface area contributed by atoms with Crippen LogP contribution in [0.2, 0.25) is 0 Å². The minimum absolute atomic E-state index is 0.303. The standard InChI is InChI=1S/C21H25N5O3/c1-13-8-7-9-19(26-21(27)25(5)23-24-26)18(13)12-29-20-14(2)10-17(11-15(20)3)16(4)22-28-6/h7-11H,12H2,1-6H3. The largest absolute Gasteiger partial charge is 0.488 e. The fourth-order valence-corrected chi connectivity index (χ4v) is 3.26. The molecule has 1 heterocycles. The highest BCUT2D eigenvalue weighted by molar-refractivity contribution is 5.98. The zero-order valence-corrected chi connectivity index (χ0v) is 17.6. The van der Waals surface area contributed by atoms with Crippen LogP contribution in [-0.4, -0.2) is 32.6 Å². The van der Waals surface area contributed by atoms with E-state index in [1.165, 1.54) is 16.5 Å². The molecule has 3 rings (SSSR count). The van der Waals surface area contributed by atoms with Gasteiger partial charge in [0.2, 0.25) is 0 Å². The Hall–Kier alpha value is -3.42. The van der Waals surface area contributed by atoms with E-state index in [0.29, 0.717) is 12.3 Å². The number of ether oxygens (including phenoxy) is 1. The van der Waals surface area contributed by atoms with Crippen molar-refractivity contribution >= 4 is 5.71 Å². The molecule has 8 heteroatoms. The number of rotatable bonds is 6. The maximum Gasteiger partial charge on any atom is 0.368 e. The van der Waals surface area contributed by atoms with Gasteiger partial charge >= 0.3 is 5.69 Å². The maximum atomic E-state index is 12.3. The summed E-state index contributed by atoms with van der Waals surface area (Å²) < 4.78 is 8.69. The first-order valence-corrected chi connectivity index (χ1v) is 9.23. The monoisotopic (exact) mass is 395 g/mol. The third-order valence-corrected chi connectivity index (χ3v) is 4.80. The van der Waals surface area contributed by atoms with Crippen LogP contribution in [0.15, 0.2) is 40.3 Å². The summed E-state index contributed by atoms with van der Waals surface area (Å²) >= 11 is 0. The van der Waals surface area contributed by atoms with Crippen molar-refractivity contribution < 1.29 is 9.57 Å². The van der Waals surface area contributed by atoms with Crippen molar-refractivity contribution in [3.63, 3.8) is 0 Å². The topological polar surface area (TPSA) is 83.5 Å². The molecule has 0 aliphatic heterocycles. The Bertz CT molecular complexity index is 1100. The number of hydrogen-bond acceptors (Lipinski definition) is 6. The number of aromatic nitrogens is 4. The second kappa shape index (κ2) is 8.30. The van der Waals surface area contributed by atoms with Gasteiger partial charge in [-0.3, -0.25) is 0 Å². The van der Waals surface area contributed by atoms with Gasteiger partial charge in [0.1, 0.15) is 19.5 Å². The SMILES string of the molecule is CON=C(C)c1cc(C)c(OCc2c(C)cccc2-n2nnn(C)c2=O)c(C)c1. The molecule has 1 aromatic heterocycles. The highest BCUT2D eigenvalue weighted by Gasteiger charge is 2.15. The van der Waals surface area contributed by atoms with Gasteiger partial charge in [0.05, 0.1) is 11.4 Å². The minimum atomic E-state index is -0.304. The fraction of sp³-hybridized carbons (Fsp3) is 0.333. The summed E-state index contributed by atoms with van der Waals surface area (Å²) in [6.07, 6.45) is 0. The Morgan fingerprint density at radius 2 is 1.79 bits per heavy atom. The molecule has 0 fully saturated rings. The van der Waals surface area contributed by atoms with Gasteiger partial charge in [0.15, 0.2) is 0 Å². The molecule has 0 spiro atoms. The first-order chi connectivity index (χ1) is 13.8. The van der Waals surface area contributed by atoms with Crippen LogP contribution in [0.4, 0.5) is 0 Å². The highest BCUT2D eigenvalue weighted by Crippen LogP contribution is 2.27. The van der Waals surface area contributed by atoms with Crippen LogP contribution < -0.4 is 10.4 Å². The van der Waals surface area contributed by atoms with E-state index in [4.69, 9.17) is 9.57 Å². The van der Waals surface area contributed by atoms with E-state index in [9.17, 15) is 4.79 Å². The molecule has 0 radical (unpaired) electrons. The summed E-state index contributed by atoms with van der Waals surface area (Å²) in [4.78, 5) is 17.2. The van der Waals surface area contributed by atoms with E-state index in [0.717, 1.165) is 39.3 Å². The third-order valence-electron chi connectivity index (χ3n) is 4.80. The lowest BCUT2D eigenvalue weighted by atomic mass is 10.0. The van der Waals surface area contributed by atoms with Crippen molar-refractivity contribution in [2.24, 2.45) is 12.2 Å². The van der Waals surface area contributed by atoms with Gasteiger partial charge in [-0.2, -0.15) is 9.36 Å². The van der Waals surface area contributed by atoms with Crippen LogP contribution in [0.5, 0.6) is 5.75 Å². The average molecular weight is 395 g/mol. The number of aryl methyl sites for hydroxylation is 4. The van der Waals surface area contributed by atoms with Crippen LogP contribution in [-0.2, 0) is 18.5 Å². The van der Waals surface area contributed by atoms with E-state index in [1.54, 1.807) is 7.05 Å². The molecule has 0 aliphatic carbocycles. The molecular formula is C21H25N5O3. The highest BCUT2D eigenvalue weighted by atomic mass is 16.6. The van der Waals surface area contributed by atoms with Crippen molar-refractivity contribution in [3.05, 3.63) is 68.6 Å². The van der Waals surface area contributed by atoms with E-state index in [2.05, 4.69) is 15.6 Å². The van der Waals surface area contributed by atoms with E-state index in [-0.39, 0.29) is 5.69 Å². The summed E-state index contributed by atoms with van der Waals surface area (Å²) in [6, 6.07) is 9.75. The first kappa shape index (κ1) is 20.3. The predicted octanol–water partition coefficient (Wildman–Crippen LogP) is 2.84. The number of oxime groups is 1. The summed E-state index contributed by atoms with van der Waals surface area (Å²) in [5.74, 6) is 0.805. The summed E-state index contributed by atoms with van der Waals surface area (Å²) in [6.45, 7) is 8.18. The Kier molecular flexibility index (Phi) is 5.81. The lowest BCUT2D eigenvalue weighted by Crippen LogP contribution is -2.23. The first-order valence-electron chi connectivity index (χ1n) is 9.23. The zero-order chi connectivity index (χ0) is 21.1. The minimum Gasteiger partial charge on any atom is -0.488 e. The summed E-state index contributed by atoms with van der Waals surface area (Å²) in [5.41, 5.74) is 6.03. The van der Waals surface area contributed by atoms with Crippen LogP contribution in [0.1, 0.15) is 34.7 Å². The van der Waals surface area contributed by atoms with Gasteiger partial charge in [-0.05, 0) is 78.6 Å². The Morgan fingerprint density at radius 3 is 2.38 bits per heavy atom. The van der Waals surface area contributed by atoms with Gasteiger partial charge in [0.25, 0.3) is 0 Å². The molecule has 0 unspecified atom stereocenters. The Labute approximate surface area is 169 Å². The van der Waals surface area contributed by atoms with Crippen LogP contribution in [0.3, 0.4) is 0 Å². The Balaban J connectivity index is 1.94. The van der Waals surface area contributed by atoms with Gasteiger partial charge in [-0.25, -0.2) is 4.79 Å². The molecule has 0 atom stereocenters. The molecule has 29 heavy (non-hydrogen) atoms. The third kappa shape index (κ3) is 4.06. The molecule has 0 N–H and O–H groups in total. The van der Waals surface area contributed by atoms with E-state index < -0.39 is 0 Å². The fourth-order valence-electron chi connectivity index (χ4n) is 3.26. The van der Waals surface area contributed by atoms with Crippen molar-refractivity contribution in [3.8, 4) is 11.4 Å². The van der Waals surface area contributed by atoms with Crippen molar-refractivity contribution in [1.29, 1.82) is 0 Å². The molecule has 3 aromatic rings. The number of hydrogen-bond donors (Lipinski definition) is 0. The summed E-state index contributed by atoms with van der Waals surface area (Å²) in [7, 11) is 3.10. The molecule has 0 saturated carbocycles. The molecule has 0 amide bonds. The van der Waals surface area contributed by atoms with Crippen molar-refractivity contribution in [2.75, 3.05) is 7.11 Å². The van der Waals surface area contributed by atoms with Gasteiger partial charge in [-0.1, -0.05) is 17.3 Å². The zero-order valence-electron chi connectivity index (χ0n) is 17.6. The number of tetrazole rings is 1. The van der Waals surface area contributed by atoms with Crippen molar-refractivity contribution in [2.45, 2.75) is 34.3 Å². The molecule has 8 nitrogen and oxygen atoms in total. The van der Waals surface area contributed by atoms with Gasteiger partial charge in [-0.15, -0.1) is 0 Å². The van der Waals surface area contributed by atoms with Crippen LogP contribution in [0, 0.1) is 20.8 Å². The van der Waals surface area contributed by atoms with Gasteiger partial charge < -0.3 is 9.57 Å². The maximum absolute atomic E-state index is 12.3. The molecule has 2 aromatic carbocycles. The molecule has 0 bridgehead atoms. The molecular weight excluding hydrogens is 370 g/mol. The molecule has 0 saturated heterocycles. The smallest absolute Gasteiger partial charge is 0.368 e. The Morgan fingerprint density at radius 1 is 1.10 bits per heavy atom. The number of nitrogens with zero attached hydrogens (tertiary/aromatic N) is 5. The van der Waals surface area contributed by atoms with Crippen LogP contribution in [0.25, 0.3) is 5.69 Å². The second-order valence-electron chi connectivity index (χ2n) is 6.96. The lowest BCUT2D eigenvalue weighted by Gasteiger charge is -2.17. The normalized spacial score (nSPS) is 11.6. The van der Waals surface area contributed by atoms with Gasteiger partial charge in [0, 0.05) is 12.6 Å².